The molecule has 2 saturated heterocycles. The summed E-state index contributed by atoms with van der Waals surface area (Å²) in [5.74, 6) is -1.88. The van der Waals surface area contributed by atoms with Crippen LogP contribution in [0.5, 0.6) is 11.8 Å². The monoisotopic (exact) mass is 439 g/mol. The Bertz CT molecular complexity index is 1130. The summed E-state index contributed by atoms with van der Waals surface area (Å²) in [6.45, 7) is 1.93. The maximum Gasteiger partial charge on any atom is 0.264 e. The van der Waals surface area contributed by atoms with Crippen LogP contribution in [0.3, 0.4) is 0 Å². The largest absolute Gasteiger partial charge is 0.481 e. The van der Waals surface area contributed by atoms with Crippen molar-refractivity contribution in [2.75, 3.05) is 7.11 Å². The number of hydrogen-bond acceptors (Lipinski definition) is 7. The van der Waals surface area contributed by atoms with Crippen LogP contribution in [-0.4, -0.2) is 51.4 Å². The minimum atomic E-state index is -2.68. The molecule has 5 rings (SSSR count). The summed E-state index contributed by atoms with van der Waals surface area (Å²) in [4.78, 5) is 8.80. The third-order valence-electron chi connectivity index (χ3n) is 5.96. The number of alkyl halides is 2. The maximum absolute atomic E-state index is 13.9. The molecule has 166 valence electrons. The zero-order chi connectivity index (χ0) is 22.3. The zero-order valence-corrected chi connectivity index (χ0v) is 17.8. The second-order valence-corrected chi connectivity index (χ2v) is 8.29. The van der Waals surface area contributed by atoms with Gasteiger partial charge >= 0.3 is 0 Å². The first-order chi connectivity index (χ1) is 15.4. The number of piperidine rings is 1. The van der Waals surface area contributed by atoms with Crippen molar-refractivity contribution < 1.29 is 18.3 Å². The van der Waals surface area contributed by atoms with Crippen LogP contribution in [0.15, 0.2) is 42.6 Å². The molecule has 32 heavy (non-hydrogen) atoms. The molecule has 0 radical (unpaired) electrons. The van der Waals surface area contributed by atoms with Gasteiger partial charge in [-0.05, 0) is 49.2 Å². The Morgan fingerprint density at radius 3 is 2.62 bits per heavy atom. The standard InChI is InChI=1S/C23H23F2N5O2/c1-13-9-14(7-8-26-13)17-3-4-18(28-22(17)31-2)19-5-6-21(30-29-19)32-16-10-15-12-23(24,25)20(11-16)27-15/h3-9,15-16,20,27H,10-12H2,1-2H3. The number of pyridine rings is 2. The number of nitrogens with zero attached hydrogens (tertiary/aromatic N) is 4. The normalized spacial score (nSPS) is 23.7. The van der Waals surface area contributed by atoms with Crippen molar-refractivity contribution in [2.45, 2.75) is 50.3 Å². The molecule has 3 aromatic rings. The molecular weight excluding hydrogens is 416 g/mol. The van der Waals surface area contributed by atoms with E-state index in [0.29, 0.717) is 29.6 Å². The number of nitrogens with one attached hydrogen (secondary N) is 1. The average molecular weight is 439 g/mol. The molecule has 3 unspecified atom stereocenters. The Balaban J connectivity index is 1.32. The summed E-state index contributed by atoms with van der Waals surface area (Å²) in [7, 11) is 1.57. The highest BCUT2D eigenvalue weighted by Crippen LogP contribution is 2.40. The number of methoxy groups -OCH3 is 1. The van der Waals surface area contributed by atoms with Gasteiger partial charge in [-0.3, -0.25) is 4.98 Å². The molecule has 1 N–H and O–H groups in total. The molecule has 2 aliphatic rings. The van der Waals surface area contributed by atoms with Crippen LogP contribution >= 0.6 is 0 Å². The van der Waals surface area contributed by atoms with Gasteiger partial charge in [0, 0.05) is 42.4 Å². The lowest BCUT2D eigenvalue weighted by atomic mass is 10.0. The number of aryl methyl sites for hydroxylation is 1. The molecule has 0 amide bonds. The fourth-order valence-corrected chi connectivity index (χ4v) is 4.46. The van der Waals surface area contributed by atoms with E-state index in [-0.39, 0.29) is 25.0 Å². The van der Waals surface area contributed by atoms with Gasteiger partial charge in [0.25, 0.3) is 5.92 Å². The summed E-state index contributed by atoms with van der Waals surface area (Å²) in [6, 6.07) is 10.0. The minimum absolute atomic E-state index is 0.134. The van der Waals surface area contributed by atoms with E-state index < -0.39 is 12.0 Å². The van der Waals surface area contributed by atoms with Gasteiger partial charge in [0.1, 0.15) is 11.8 Å². The second-order valence-electron chi connectivity index (χ2n) is 8.29. The van der Waals surface area contributed by atoms with Crippen molar-refractivity contribution in [1.82, 2.24) is 25.5 Å². The first kappa shape index (κ1) is 20.7. The number of aromatic nitrogens is 4. The highest BCUT2D eigenvalue weighted by atomic mass is 19.3. The van der Waals surface area contributed by atoms with Crippen LogP contribution in [0.4, 0.5) is 8.78 Å². The number of rotatable bonds is 5. The molecule has 0 aliphatic carbocycles. The van der Waals surface area contributed by atoms with Crippen molar-refractivity contribution in [3.8, 4) is 34.3 Å². The lowest BCUT2D eigenvalue weighted by molar-refractivity contribution is -0.0195. The van der Waals surface area contributed by atoms with E-state index >= 15 is 0 Å². The van der Waals surface area contributed by atoms with Crippen molar-refractivity contribution in [3.63, 3.8) is 0 Å². The molecule has 3 aromatic heterocycles. The minimum Gasteiger partial charge on any atom is -0.481 e. The summed E-state index contributed by atoms with van der Waals surface area (Å²) in [5, 5.41) is 11.3. The quantitative estimate of drug-likeness (QED) is 0.647. The topological polar surface area (TPSA) is 82.0 Å². The van der Waals surface area contributed by atoms with E-state index in [2.05, 4.69) is 25.5 Å². The number of ether oxygens (including phenoxy) is 2. The summed E-state index contributed by atoms with van der Waals surface area (Å²) in [6.07, 6.45) is 2.09. The summed E-state index contributed by atoms with van der Waals surface area (Å²) < 4.78 is 39.2. The first-order valence-corrected chi connectivity index (χ1v) is 10.5. The van der Waals surface area contributed by atoms with E-state index in [1.54, 1.807) is 25.4 Å². The van der Waals surface area contributed by atoms with Crippen molar-refractivity contribution in [3.05, 3.63) is 48.3 Å². The molecule has 7 nitrogen and oxygen atoms in total. The van der Waals surface area contributed by atoms with Gasteiger partial charge in [0.05, 0.1) is 18.8 Å². The van der Waals surface area contributed by atoms with Crippen LogP contribution in [0.2, 0.25) is 0 Å². The van der Waals surface area contributed by atoms with E-state index in [0.717, 1.165) is 16.8 Å². The SMILES string of the molecule is COc1nc(-c2ccc(OC3CC4CC(F)(F)C(C3)N4)nn2)ccc1-c1ccnc(C)c1. The highest BCUT2D eigenvalue weighted by molar-refractivity contribution is 5.71. The molecule has 5 heterocycles. The molecule has 3 atom stereocenters. The lowest BCUT2D eigenvalue weighted by Gasteiger charge is -2.29. The molecule has 2 fully saturated rings. The van der Waals surface area contributed by atoms with Gasteiger partial charge in [0.15, 0.2) is 0 Å². The summed E-state index contributed by atoms with van der Waals surface area (Å²) in [5.41, 5.74) is 3.89. The van der Waals surface area contributed by atoms with Crippen LogP contribution in [-0.2, 0) is 0 Å². The molecule has 0 aromatic carbocycles. The smallest absolute Gasteiger partial charge is 0.264 e. The Morgan fingerprint density at radius 1 is 1.06 bits per heavy atom. The van der Waals surface area contributed by atoms with Gasteiger partial charge < -0.3 is 14.8 Å². The molecule has 2 bridgehead atoms. The fraction of sp³-hybridized carbons (Fsp3) is 0.391. The van der Waals surface area contributed by atoms with Crippen LogP contribution in [0.25, 0.3) is 22.5 Å². The van der Waals surface area contributed by atoms with Crippen LogP contribution in [0, 0.1) is 6.92 Å². The lowest BCUT2D eigenvalue weighted by Crippen LogP contribution is -2.46. The maximum atomic E-state index is 13.9. The Labute approximate surface area is 184 Å². The van der Waals surface area contributed by atoms with Gasteiger partial charge in [-0.1, -0.05) is 0 Å². The van der Waals surface area contributed by atoms with Gasteiger partial charge in [0.2, 0.25) is 11.8 Å². The summed E-state index contributed by atoms with van der Waals surface area (Å²) >= 11 is 0. The Morgan fingerprint density at radius 2 is 1.91 bits per heavy atom. The van der Waals surface area contributed by atoms with Crippen LogP contribution < -0.4 is 14.8 Å². The third-order valence-corrected chi connectivity index (χ3v) is 5.96. The predicted octanol–water partition coefficient (Wildman–Crippen LogP) is 3.82. The highest BCUT2D eigenvalue weighted by Gasteiger charge is 2.53. The molecular formula is C23H23F2N5O2. The predicted molar refractivity (Wildman–Crippen MR) is 114 cm³/mol. The van der Waals surface area contributed by atoms with E-state index in [9.17, 15) is 8.78 Å². The van der Waals surface area contributed by atoms with E-state index in [1.165, 1.54) is 0 Å². The number of fused-ring (bicyclic) bond motifs is 2. The molecule has 0 spiro atoms. The third kappa shape index (κ3) is 4.00. The first-order valence-electron chi connectivity index (χ1n) is 10.5. The molecule has 2 aliphatic heterocycles. The van der Waals surface area contributed by atoms with E-state index in [4.69, 9.17) is 9.47 Å². The van der Waals surface area contributed by atoms with Gasteiger partial charge in [-0.2, -0.15) is 0 Å². The average Bonchev–Trinajstić information content (AvgIpc) is 3.00. The zero-order valence-electron chi connectivity index (χ0n) is 17.8. The van der Waals surface area contributed by atoms with Crippen molar-refractivity contribution in [2.24, 2.45) is 0 Å². The van der Waals surface area contributed by atoms with Crippen molar-refractivity contribution in [1.29, 1.82) is 0 Å². The second kappa shape index (κ2) is 8.05. The number of hydrogen-bond donors (Lipinski definition) is 1. The number of halogens is 2. The molecule has 9 heteroatoms. The Hall–Kier alpha value is -3.20. The van der Waals surface area contributed by atoms with Crippen LogP contribution in [0.1, 0.15) is 25.0 Å². The Kier molecular flexibility index (Phi) is 5.21. The molecule has 0 saturated carbocycles. The van der Waals surface area contributed by atoms with Crippen molar-refractivity contribution >= 4 is 0 Å². The van der Waals surface area contributed by atoms with Gasteiger partial charge in [-0.15, -0.1) is 10.2 Å². The van der Waals surface area contributed by atoms with Gasteiger partial charge in [-0.25, -0.2) is 13.8 Å². The van der Waals surface area contributed by atoms with E-state index in [1.807, 2.05) is 31.2 Å². The fourth-order valence-electron chi connectivity index (χ4n) is 4.46.